The van der Waals surface area contributed by atoms with Gasteiger partial charge in [0.05, 0.1) is 6.10 Å². The van der Waals surface area contributed by atoms with Crippen LogP contribution in [0.4, 0.5) is 0 Å². The van der Waals surface area contributed by atoms with E-state index in [1.54, 1.807) is 0 Å². The van der Waals surface area contributed by atoms with Crippen molar-refractivity contribution in [3.05, 3.63) is 41.2 Å². The third kappa shape index (κ3) is 2.92. The summed E-state index contributed by atoms with van der Waals surface area (Å²) in [6.45, 7) is 2.14. The molecule has 2 rings (SSSR count). The van der Waals surface area contributed by atoms with Crippen LogP contribution in [0.5, 0.6) is 0 Å². The second kappa shape index (κ2) is 5.26. The molecular formula is C14H19NO. The van der Waals surface area contributed by atoms with Gasteiger partial charge in [0.15, 0.2) is 0 Å². The number of allylic oxidation sites excluding steroid dienone is 1. The van der Waals surface area contributed by atoms with E-state index in [1.807, 2.05) is 12.3 Å². The largest absolute Gasteiger partial charge is 0.389 e. The predicted molar refractivity (Wildman–Crippen MR) is 65.3 cm³/mol. The fourth-order valence-electron chi connectivity index (χ4n) is 2.13. The lowest BCUT2D eigenvalue weighted by molar-refractivity contribution is 0.202. The Balaban J connectivity index is 2.03. The van der Waals surface area contributed by atoms with Gasteiger partial charge in [0.1, 0.15) is 0 Å². The van der Waals surface area contributed by atoms with Crippen LogP contribution in [0.25, 0.3) is 0 Å². The number of pyridine rings is 1. The number of aliphatic hydroxyl groups is 1. The van der Waals surface area contributed by atoms with E-state index >= 15 is 0 Å². The Bertz CT molecular complexity index is 367. The lowest BCUT2D eigenvalue weighted by atomic mass is 9.94. The molecule has 1 atom stereocenters. The summed E-state index contributed by atoms with van der Waals surface area (Å²) in [7, 11) is 0. The summed E-state index contributed by atoms with van der Waals surface area (Å²) in [5.74, 6) is 0. The number of hydrogen-bond acceptors (Lipinski definition) is 2. The molecule has 0 fully saturated rings. The average Bonchev–Trinajstić information content (AvgIpc) is 2.30. The first-order valence-electron chi connectivity index (χ1n) is 6.09. The van der Waals surface area contributed by atoms with Crippen molar-refractivity contribution in [2.75, 3.05) is 0 Å². The van der Waals surface area contributed by atoms with Gasteiger partial charge >= 0.3 is 0 Å². The van der Waals surface area contributed by atoms with E-state index in [0.29, 0.717) is 0 Å². The topological polar surface area (TPSA) is 33.1 Å². The molecule has 0 spiro atoms. The predicted octanol–water partition coefficient (Wildman–Crippen LogP) is 2.66. The Morgan fingerprint density at radius 2 is 2.31 bits per heavy atom. The zero-order valence-electron chi connectivity index (χ0n) is 9.82. The van der Waals surface area contributed by atoms with Crippen LogP contribution in [0.3, 0.4) is 0 Å². The van der Waals surface area contributed by atoms with Gasteiger partial charge in [-0.25, -0.2) is 0 Å². The summed E-state index contributed by atoms with van der Waals surface area (Å²) in [6.07, 6.45) is 8.75. The molecular weight excluding hydrogens is 198 g/mol. The van der Waals surface area contributed by atoms with E-state index < -0.39 is 0 Å². The van der Waals surface area contributed by atoms with Gasteiger partial charge < -0.3 is 5.11 Å². The smallest absolute Gasteiger partial charge is 0.0723 e. The minimum Gasteiger partial charge on any atom is -0.389 e. The van der Waals surface area contributed by atoms with Gasteiger partial charge in [-0.1, -0.05) is 24.6 Å². The Labute approximate surface area is 97.0 Å². The van der Waals surface area contributed by atoms with Crippen LogP contribution >= 0.6 is 0 Å². The molecule has 2 nitrogen and oxygen atoms in total. The summed E-state index contributed by atoms with van der Waals surface area (Å²) in [4.78, 5) is 4.45. The van der Waals surface area contributed by atoms with E-state index in [2.05, 4.69) is 24.0 Å². The van der Waals surface area contributed by atoms with Crippen LogP contribution in [0.2, 0.25) is 0 Å². The molecule has 1 aromatic rings. The highest BCUT2D eigenvalue weighted by Crippen LogP contribution is 2.20. The molecule has 2 heteroatoms. The monoisotopic (exact) mass is 217 g/mol. The van der Waals surface area contributed by atoms with Crippen molar-refractivity contribution in [3.8, 4) is 0 Å². The number of aliphatic hydroxyl groups excluding tert-OH is 1. The van der Waals surface area contributed by atoms with Gasteiger partial charge in [0, 0.05) is 18.3 Å². The summed E-state index contributed by atoms with van der Waals surface area (Å²) in [6, 6.07) is 4.24. The molecule has 0 aliphatic heterocycles. The van der Waals surface area contributed by atoms with E-state index in [-0.39, 0.29) is 6.10 Å². The molecule has 1 unspecified atom stereocenters. The van der Waals surface area contributed by atoms with Crippen LogP contribution in [0, 0.1) is 0 Å². The summed E-state index contributed by atoms with van der Waals surface area (Å²) < 4.78 is 0. The van der Waals surface area contributed by atoms with Crippen molar-refractivity contribution in [2.24, 2.45) is 0 Å². The highest BCUT2D eigenvalue weighted by atomic mass is 16.3. The molecule has 1 N–H and O–H groups in total. The molecule has 0 saturated carbocycles. The SMILES string of the molecule is CCc1ccc(CC2=CC(O)CCC2)nc1. The minimum absolute atomic E-state index is 0.237. The van der Waals surface area contributed by atoms with Gasteiger partial charge in [0.2, 0.25) is 0 Å². The van der Waals surface area contributed by atoms with Crippen molar-refractivity contribution in [3.63, 3.8) is 0 Å². The van der Waals surface area contributed by atoms with Crippen LogP contribution in [0.1, 0.15) is 37.4 Å². The molecule has 1 aromatic heterocycles. The Hall–Kier alpha value is -1.15. The summed E-state index contributed by atoms with van der Waals surface area (Å²) in [5.41, 5.74) is 3.72. The van der Waals surface area contributed by atoms with Crippen molar-refractivity contribution in [2.45, 2.75) is 45.1 Å². The van der Waals surface area contributed by atoms with Gasteiger partial charge in [-0.3, -0.25) is 4.98 Å². The first-order chi connectivity index (χ1) is 7.78. The van der Waals surface area contributed by atoms with E-state index in [0.717, 1.165) is 37.8 Å². The molecule has 1 aliphatic rings. The number of aromatic nitrogens is 1. The van der Waals surface area contributed by atoms with E-state index in [9.17, 15) is 5.11 Å². The normalized spacial score (nSPS) is 20.6. The second-order valence-electron chi connectivity index (χ2n) is 4.47. The fourth-order valence-corrected chi connectivity index (χ4v) is 2.13. The molecule has 16 heavy (non-hydrogen) atoms. The first-order valence-corrected chi connectivity index (χ1v) is 6.09. The third-order valence-electron chi connectivity index (χ3n) is 3.13. The first kappa shape index (κ1) is 11.3. The van der Waals surface area contributed by atoms with Gasteiger partial charge in [-0.2, -0.15) is 0 Å². The third-order valence-corrected chi connectivity index (χ3v) is 3.13. The van der Waals surface area contributed by atoms with Crippen molar-refractivity contribution in [1.29, 1.82) is 0 Å². The fraction of sp³-hybridized carbons (Fsp3) is 0.500. The maximum Gasteiger partial charge on any atom is 0.0723 e. The molecule has 0 aromatic carbocycles. The van der Waals surface area contributed by atoms with Crippen LogP contribution in [-0.4, -0.2) is 16.2 Å². The van der Waals surface area contributed by atoms with Crippen LogP contribution < -0.4 is 0 Å². The lowest BCUT2D eigenvalue weighted by Crippen LogP contribution is -2.10. The Morgan fingerprint density at radius 1 is 1.44 bits per heavy atom. The van der Waals surface area contributed by atoms with Crippen molar-refractivity contribution < 1.29 is 5.11 Å². The maximum atomic E-state index is 9.54. The molecule has 1 aliphatic carbocycles. The molecule has 0 amide bonds. The highest BCUT2D eigenvalue weighted by molar-refractivity contribution is 5.20. The zero-order chi connectivity index (χ0) is 11.4. The summed E-state index contributed by atoms with van der Waals surface area (Å²) in [5, 5.41) is 9.54. The highest BCUT2D eigenvalue weighted by Gasteiger charge is 2.11. The number of rotatable bonds is 3. The lowest BCUT2D eigenvalue weighted by Gasteiger charge is -2.16. The van der Waals surface area contributed by atoms with E-state index in [4.69, 9.17) is 0 Å². The van der Waals surface area contributed by atoms with Gasteiger partial charge in [-0.05, 0) is 37.3 Å². The number of aryl methyl sites for hydroxylation is 1. The van der Waals surface area contributed by atoms with Crippen LogP contribution in [0.15, 0.2) is 30.0 Å². The van der Waals surface area contributed by atoms with Crippen molar-refractivity contribution in [1.82, 2.24) is 4.98 Å². The average molecular weight is 217 g/mol. The Morgan fingerprint density at radius 3 is 2.94 bits per heavy atom. The van der Waals surface area contributed by atoms with Gasteiger partial charge in [0.25, 0.3) is 0 Å². The quantitative estimate of drug-likeness (QED) is 0.790. The van der Waals surface area contributed by atoms with E-state index in [1.165, 1.54) is 11.1 Å². The van der Waals surface area contributed by atoms with Crippen molar-refractivity contribution >= 4 is 0 Å². The molecule has 0 radical (unpaired) electrons. The summed E-state index contributed by atoms with van der Waals surface area (Å²) >= 11 is 0. The Kier molecular flexibility index (Phi) is 3.73. The molecule has 1 heterocycles. The minimum atomic E-state index is -0.237. The molecule has 0 saturated heterocycles. The van der Waals surface area contributed by atoms with Crippen LogP contribution in [-0.2, 0) is 12.8 Å². The number of nitrogens with zero attached hydrogens (tertiary/aromatic N) is 1. The molecule has 86 valence electrons. The second-order valence-corrected chi connectivity index (χ2v) is 4.47. The number of hydrogen-bond donors (Lipinski definition) is 1. The maximum absolute atomic E-state index is 9.54. The zero-order valence-corrected chi connectivity index (χ0v) is 9.82. The standard InChI is InChI=1S/C14H19NO/c1-2-11-6-7-13(15-10-11)8-12-4-3-5-14(16)9-12/h6-7,9-10,14,16H,2-5,8H2,1H3. The van der Waals surface area contributed by atoms with Gasteiger partial charge in [-0.15, -0.1) is 0 Å². The molecule has 0 bridgehead atoms.